The summed E-state index contributed by atoms with van der Waals surface area (Å²) in [5, 5.41) is 18.4. The molecule has 1 amide bonds. The third-order valence-electron chi connectivity index (χ3n) is 6.35. The monoisotopic (exact) mass is 450 g/mol. The summed E-state index contributed by atoms with van der Waals surface area (Å²) in [6, 6.07) is 4.61. The van der Waals surface area contributed by atoms with Crippen molar-refractivity contribution in [2.75, 3.05) is 18.1 Å². The number of anilines is 1. The van der Waals surface area contributed by atoms with Gasteiger partial charge < -0.3 is 19.1 Å². The number of imidazole rings is 1. The zero-order valence-corrected chi connectivity index (χ0v) is 17.8. The van der Waals surface area contributed by atoms with Gasteiger partial charge in [0.25, 0.3) is 0 Å². The number of hydrogen-bond donors (Lipinski definition) is 1. The molecule has 0 radical (unpaired) electrons. The lowest BCUT2D eigenvalue weighted by atomic mass is 9.95. The number of benzene rings is 1. The van der Waals surface area contributed by atoms with Crippen LogP contribution in [0.3, 0.4) is 0 Å². The molecule has 1 atom stereocenters. The van der Waals surface area contributed by atoms with Gasteiger partial charge >= 0.3 is 6.09 Å². The Morgan fingerprint density at radius 3 is 2.73 bits per heavy atom. The number of ether oxygens (including phenoxy) is 2. The average Bonchev–Trinajstić information content (AvgIpc) is 3.51. The first-order valence-corrected chi connectivity index (χ1v) is 10.4. The standard InChI is InChI=1S/C22H19FN6O4/c1-11-19(24-9-27(11)2)13-5-17-21(29-10-25-26-20(13)29)28(22(30)31)6-14-15(23)3-4-16-18(14)12(7-32-16)8-33-17/h3-5,9-10,12H,6-8H2,1-2H3,(H,30,31)/t12-/m0/s1. The Balaban J connectivity index is 1.62. The van der Waals surface area contributed by atoms with Crippen LogP contribution in [0.15, 0.2) is 30.9 Å². The van der Waals surface area contributed by atoms with Crippen molar-refractivity contribution in [1.82, 2.24) is 24.1 Å². The molecule has 0 saturated carbocycles. The molecule has 3 aromatic heterocycles. The molecule has 1 N–H and O–H groups in total. The Morgan fingerprint density at radius 2 is 2.00 bits per heavy atom. The average molecular weight is 450 g/mol. The predicted molar refractivity (Wildman–Crippen MR) is 114 cm³/mol. The summed E-state index contributed by atoms with van der Waals surface area (Å²) in [6.45, 7) is 2.24. The second kappa shape index (κ2) is 6.92. The number of aromatic nitrogens is 5. The topological polar surface area (TPSA) is 107 Å². The van der Waals surface area contributed by atoms with E-state index in [0.717, 1.165) is 10.6 Å². The molecule has 10 nitrogen and oxygen atoms in total. The molecule has 0 spiro atoms. The zero-order valence-electron chi connectivity index (χ0n) is 17.8. The summed E-state index contributed by atoms with van der Waals surface area (Å²) in [5.74, 6) is 0.350. The highest BCUT2D eigenvalue weighted by molar-refractivity contribution is 5.90. The number of rotatable bonds is 1. The summed E-state index contributed by atoms with van der Waals surface area (Å²) in [4.78, 5) is 18.0. The summed E-state index contributed by atoms with van der Waals surface area (Å²) in [6.07, 6.45) is 1.86. The fraction of sp³-hybridized carbons (Fsp3) is 0.273. The molecule has 0 saturated heterocycles. The number of nitrogens with zero attached hydrogens (tertiary/aromatic N) is 6. The minimum absolute atomic E-state index is 0.193. The van der Waals surface area contributed by atoms with Crippen LogP contribution in [0.1, 0.15) is 22.7 Å². The van der Waals surface area contributed by atoms with Crippen molar-refractivity contribution in [3.8, 4) is 22.8 Å². The summed E-state index contributed by atoms with van der Waals surface area (Å²) < 4.78 is 30.3. The van der Waals surface area contributed by atoms with Gasteiger partial charge in [-0.2, -0.15) is 0 Å². The van der Waals surface area contributed by atoms with Crippen LogP contribution in [0.4, 0.5) is 15.0 Å². The van der Waals surface area contributed by atoms with E-state index in [0.29, 0.717) is 40.6 Å². The first kappa shape index (κ1) is 19.5. The molecule has 0 aliphatic carbocycles. The number of carbonyl (C=O) groups is 1. The smallest absolute Gasteiger partial charge is 0.413 e. The fourth-order valence-electron chi connectivity index (χ4n) is 4.59. The van der Waals surface area contributed by atoms with Gasteiger partial charge in [-0.1, -0.05) is 0 Å². The number of halogens is 1. The van der Waals surface area contributed by atoms with Crippen molar-refractivity contribution in [2.45, 2.75) is 19.4 Å². The van der Waals surface area contributed by atoms with E-state index in [4.69, 9.17) is 9.47 Å². The highest BCUT2D eigenvalue weighted by Gasteiger charge is 2.35. The van der Waals surface area contributed by atoms with Crippen LogP contribution in [-0.4, -0.2) is 48.6 Å². The Morgan fingerprint density at radius 1 is 1.21 bits per heavy atom. The maximum Gasteiger partial charge on any atom is 0.413 e. The predicted octanol–water partition coefficient (Wildman–Crippen LogP) is 3.13. The minimum Gasteiger partial charge on any atom is -0.493 e. The maximum absolute atomic E-state index is 14.9. The fourth-order valence-corrected chi connectivity index (χ4v) is 4.59. The van der Waals surface area contributed by atoms with Gasteiger partial charge in [0.2, 0.25) is 0 Å². The van der Waals surface area contributed by atoms with Crippen LogP contribution in [0.25, 0.3) is 16.9 Å². The Bertz CT molecular complexity index is 1440. The second-order valence-electron chi connectivity index (χ2n) is 8.19. The van der Waals surface area contributed by atoms with Crippen molar-refractivity contribution in [3.05, 3.63) is 53.5 Å². The molecular formula is C22H19FN6O4. The van der Waals surface area contributed by atoms with E-state index >= 15 is 0 Å². The van der Waals surface area contributed by atoms with Crippen molar-refractivity contribution >= 4 is 17.6 Å². The van der Waals surface area contributed by atoms with E-state index in [1.54, 1.807) is 22.9 Å². The zero-order chi connectivity index (χ0) is 22.9. The number of hydrogen-bond acceptors (Lipinski definition) is 6. The van der Waals surface area contributed by atoms with E-state index in [9.17, 15) is 14.3 Å². The lowest BCUT2D eigenvalue weighted by molar-refractivity contribution is 0.200. The van der Waals surface area contributed by atoms with Gasteiger partial charge in [0.1, 0.15) is 17.9 Å². The molecule has 0 bridgehead atoms. The Labute approximate surface area is 186 Å². The molecule has 0 fully saturated rings. The first-order valence-electron chi connectivity index (χ1n) is 10.4. The van der Waals surface area contributed by atoms with Gasteiger partial charge in [0, 0.05) is 23.9 Å². The van der Waals surface area contributed by atoms with Gasteiger partial charge in [-0.25, -0.2) is 14.2 Å². The Hall–Kier alpha value is -4.15. The molecule has 33 heavy (non-hydrogen) atoms. The van der Waals surface area contributed by atoms with E-state index in [1.807, 2.05) is 18.5 Å². The third-order valence-corrected chi connectivity index (χ3v) is 6.35. The van der Waals surface area contributed by atoms with Crippen LogP contribution in [0.2, 0.25) is 0 Å². The minimum atomic E-state index is -1.26. The Kier molecular flexibility index (Phi) is 4.10. The van der Waals surface area contributed by atoms with Gasteiger partial charge in [-0.15, -0.1) is 10.2 Å². The molecule has 1 aromatic carbocycles. The lowest BCUT2D eigenvalue weighted by Gasteiger charge is -2.23. The molecule has 168 valence electrons. The lowest BCUT2D eigenvalue weighted by Crippen LogP contribution is -2.31. The third kappa shape index (κ3) is 2.78. The van der Waals surface area contributed by atoms with Crippen LogP contribution in [0, 0.1) is 12.7 Å². The number of fused-ring (bicyclic) bond motifs is 3. The van der Waals surface area contributed by atoms with Gasteiger partial charge in [0.05, 0.1) is 43.3 Å². The van der Waals surface area contributed by atoms with Gasteiger partial charge in [0.15, 0.2) is 17.2 Å². The molecule has 4 aromatic rings. The summed E-state index contributed by atoms with van der Waals surface area (Å²) in [5.41, 5.74) is 3.59. The van der Waals surface area contributed by atoms with E-state index in [-0.39, 0.29) is 30.5 Å². The van der Waals surface area contributed by atoms with Crippen LogP contribution in [-0.2, 0) is 13.6 Å². The molecule has 2 aliphatic rings. The molecule has 6 rings (SSSR count). The van der Waals surface area contributed by atoms with Crippen LogP contribution >= 0.6 is 0 Å². The van der Waals surface area contributed by atoms with Gasteiger partial charge in [-0.3, -0.25) is 9.30 Å². The van der Waals surface area contributed by atoms with Gasteiger partial charge in [-0.05, 0) is 25.1 Å². The van der Waals surface area contributed by atoms with Crippen molar-refractivity contribution in [1.29, 1.82) is 0 Å². The van der Waals surface area contributed by atoms with Crippen molar-refractivity contribution < 1.29 is 23.8 Å². The molecule has 5 heterocycles. The highest BCUT2D eigenvalue weighted by atomic mass is 19.1. The summed E-state index contributed by atoms with van der Waals surface area (Å²) in [7, 11) is 1.89. The number of amides is 1. The van der Waals surface area contributed by atoms with Crippen LogP contribution in [0.5, 0.6) is 11.5 Å². The SMILES string of the molecule is Cc1c(-c2cc3c(n4cnnc24)N(C(=O)O)Cc2c(F)ccc4c2[C@@H](CO4)CO3)ncn1C. The molecule has 0 unspecified atom stereocenters. The highest BCUT2D eigenvalue weighted by Crippen LogP contribution is 2.43. The number of pyridine rings is 1. The molecular weight excluding hydrogens is 431 g/mol. The molecule has 11 heteroatoms. The number of aryl methyl sites for hydroxylation is 1. The van der Waals surface area contributed by atoms with Crippen molar-refractivity contribution in [2.24, 2.45) is 7.05 Å². The maximum atomic E-state index is 14.9. The first-order chi connectivity index (χ1) is 15.9. The van der Waals surface area contributed by atoms with E-state index < -0.39 is 11.9 Å². The largest absolute Gasteiger partial charge is 0.493 e. The van der Waals surface area contributed by atoms with Crippen molar-refractivity contribution in [3.63, 3.8) is 0 Å². The second-order valence-corrected chi connectivity index (χ2v) is 8.19. The van der Waals surface area contributed by atoms with E-state index in [1.165, 1.54) is 12.4 Å². The van der Waals surface area contributed by atoms with E-state index in [2.05, 4.69) is 15.2 Å². The van der Waals surface area contributed by atoms with Crippen LogP contribution < -0.4 is 14.4 Å². The normalized spacial score (nSPS) is 16.9. The summed E-state index contributed by atoms with van der Waals surface area (Å²) >= 11 is 0. The number of carboxylic acid groups (broad SMARTS) is 1. The molecule has 2 aliphatic heterocycles. The quantitative estimate of drug-likeness (QED) is 0.475.